The number of nitrogens with one attached hydrogen (secondary N) is 3. The number of rotatable bonds is 18. The Morgan fingerprint density at radius 1 is 0.545 bits per heavy atom. The number of hydrogen-bond acceptors (Lipinski definition) is 25. The van der Waals surface area contributed by atoms with Crippen LogP contribution in [0.15, 0.2) is 193 Å². The van der Waals surface area contributed by atoms with Gasteiger partial charge in [0.25, 0.3) is 16.7 Å². The number of nitrogens with two attached hydrogens (primary N) is 2. The molecule has 2 aromatic carbocycles. The van der Waals surface area contributed by atoms with E-state index in [4.69, 9.17) is 33.9 Å². The van der Waals surface area contributed by atoms with Gasteiger partial charge in [-0.05, 0) is 69.7 Å². The SMILES string of the molecule is Cc1cc(N2CCOCC2)nc(=O)[nH]1.Cc1cc(N2CCOCC2)nc(OCCn2ccccc2=O)n1.Cc1cccc(/C=N/Nc2cc(N3CCOCC3)nc(OCCn3ccccc3=O)n2)c1.Cc1cccc(C=O)c1.NN.O=c1cccc[nH]1.O=c1ccccn1CCO.OCCBr. The van der Waals surface area contributed by atoms with Crippen molar-refractivity contribution in [3.8, 4) is 12.0 Å². The summed E-state index contributed by atoms with van der Waals surface area (Å²) in [6, 6.07) is 41.7. The van der Waals surface area contributed by atoms with Gasteiger partial charge in [0.2, 0.25) is 5.56 Å². The van der Waals surface area contributed by atoms with E-state index in [1.165, 1.54) is 34.4 Å². The molecule has 10 heterocycles. The first kappa shape index (κ1) is 81.3. The van der Waals surface area contributed by atoms with Crippen LogP contribution in [0, 0.1) is 27.7 Å². The smallest absolute Gasteiger partial charge is 0.347 e. The summed E-state index contributed by atoms with van der Waals surface area (Å²) in [5.74, 6) is 10.9. The minimum atomic E-state index is -0.286. The minimum absolute atomic E-state index is 0.00389. The number of hydrazone groups is 1. The summed E-state index contributed by atoms with van der Waals surface area (Å²) >= 11 is 3.00. The molecule has 3 aliphatic heterocycles. The molecule has 0 saturated carbocycles. The number of benzene rings is 2. The van der Waals surface area contributed by atoms with E-state index in [1.54, 1.807) is 82.6 Å². The molecule has 0 aliphatic carbocycles. The quantitative estimate of drug-likeness (QED) is 0.0207. The van der Waals surface area contributed by atoms with Gasteiger partial charge in [-0.2, -0.15) is 25.0 Å². The van der Waals surface area contributed by atoms with Crippen molar-refractivity contribution in [3.05, 3.63) is 250 Å². The second-order valence-corrected chi connectivity index (χ2v) is 22.4. The highest BCUT2D eigenvalue weighted by Crippen LogP contribution is 2.22. The Morgan fingerprint density at radius 2 is 1.00 bits per heavy atom. The van der Waals surface area contributed by atoms with Crippen LogP contribution in [0.5, 0.6) is 12.0 Å². The van der Waals surface area contributed by atoms with E-state index in [0.717, 1.165) is 91.1 Å². The summed E-state index contributed by atoms with van der Waals surface area (Å²) in [4.78, 5) is 99.0. The molecule has 0 spiro atoms. The van der Waals surface area contributed by atoms with Crippen LogP contribution in [0.1, 0.15) is 38.4 Å². The summed E-state index contributed by atoms with van der Waals surface area (Å²) < 4.78 is 32.1. The number of ether oxygens (including phenoxy) is 5. The number of H-pyrrole nitrogens is 2. The molecular weight excluding hydrogens is 1370 g/mol. The molecule has 0 radical (unpaired) electrons. The number of aliphatic hydroxyl groups is 2. The van der Waals surface area contributed by atoms with Crippen molar-refractivity contribution in [3.63, 3.8) is 0 Å². The standard InChI is InChI=1S/C23H26N6O3.C16H20N4O3.C9H13N3O2.C8H8O.C7H9NO2.C5H5NO.C2H5BrO.H4N2/c1-18-5-4-6-19(15-18)17-24-27-20-16-21(28-9-12-31-13-10-28)26-23(25-20)32-14-11-29-8-3-2-7-22(29)30;1-13-12-14(19-6-9-22-10-7-19)18-16(17-13)23-11-8-20-5-3-2-4-15(20)21;1-7-6-8(11-9(13)10-7)12-2-4-14-5-3-12;1-7-3-2-4-8(5-7)6-9;9-6-5-8-4-2-1-3-7(8)10;7-5-3-1-2-4-6-5;3-1-2-4;1-2/h2-8,15-17H,9-14H2,1H3,(H,25,26,27);2-5,12H,6-11H2,1H3;6H,2-5H2,1H3,(H,10,11,13);2-6H,1H3;1-4,9H,5-6H2;1-4H,(H,6,7);4H,1-2H2;1-2H2/b24-17+;;;;;;;. The van der Waals surface area contributed by atoms with E-state index < -0.39 is 0 Å². The first-order chi connectivity index (χ1) is 49.1. The zero-order valence-corrected chi connectivity index (χ0v) is 58.8. The highest BCUT2D eigenvalue weighted by atomic mass is 79.9. The molecular formula is C70H90BrN17O13. The number of nitrogens with zero attached hydrogens (tertiary/aromatic N) is 12. The number of aldehydes is 1. The first-order valence-electron chi connectivity index (χ1n) is 32.3. The summed E-state index contributed by atoms with van der Waals surface area (Å²) in [6.07, 6.45) is 9.31. The number of carbonyl (C=O) groups excluding carboxylic acids is 1. The number of hydrogen-bond donors (Lipinski definition) is 7. The van der Waals surface area contributed by atoms with E-state index in [9.17, 15) is 28.8 Å². The fourth-order valence-corrected chi connectivity index (χ4v) is 9.11. The molecule has 3 saturated heterocycles. The Labute approximate surface area is 593 Å². The number of pyridine rings is 4. The van der Waals surface area contributed by atoms with Crippen molar-refractivity contribution in [1.82, 2.24) is 48.6 Å². The largest absolute Gasteiger partial charge is 0.462 e. The molecule has 3 fully saturated rings. The van der Waals surface area contributed by atoms with Gasteiger partial charge in [0, 0.05) is 129 Å². The molecule has 0 unspecified atom stereocenters. The summed E-state index contributed by atoms with van der Waals surface area (Å²) in [6.45, 7) is 18.7. The maximum absolute atomic E-state index is 11.9. The number of aliphatic hydroxyl groups excluding tert-OH is 2. The van der Waals surface area contributed by atoms with Gasteiger partial charge < -0.3 is 72.3 Å². The molecule has 0 amide bonds. The Morgan fingerprint density at radius 3 is 1.42 bits per heavy atom. The monoisotopic (exact) mass is 1460 g/mol. The normalized spacial score (nSPS) is 12.9. The summed E-state index contributed by atoms with van der Waals surface area (Å²) in [7, 11) is 0. The Kier molecular flexibility index (Phi) is 38.3. The third-order valence-electron chi connectivity index (χ3n) is 13.9. The lowest BCUT2D eigenvalue weighted by Crippen LogP contribution is -2.37. The van der Waals surface area contributed by atoms with Crippen LogP contribution in [-0.2, 0) is 33.8 Å². The van der Waals surface area contributed by atoms with Crippen LogP contribution < -0.4 is 69.2 Å². The van der Waals surface area contributed by atoms with Gasteiger partial charge in [0.05, 0.1) is 72.2 Å². The van der Waals surface area contributed by atoms with Crippen LogP contribution in [-0.4, -0.2) is 182 Å². The van der Waals surface area contributed by atoms with Crippen molar-refractivity contribution >= 4 is 51.7 Å². The highest BCUT2D eigenvalue weighted by Gasteiger charge is 2.18. The molecule has 0 atom stereocenters. The Hall–Kier alpha value is -10.4. The van der Waals surface area contributed by atoms with Crippen molar-refractivity contribution in [2.75, 3.05) is 131 Å². The predicted octanol–water partition coefficient (Wildman–Crippen LogP) is 4.30. The molecule has 12 rings (SSSR count). The minimum Gasteiger partial charge on any atom is -0.462 e. The predicted molar refractivity (Wildman–Crippen MR) is 393 cm³/mol. The van der Waals surface area contributed by atoms with Crippen LogP contribution >= 0.6 is 15.9 Å². The van der Waals surface area contributed by atoms with Gasteiger partial charge in [0.15, 0.2) is 5.82 Å². The average molecular weight is 1460 g/mol. The lowest BCUT2D eigenvalue weighted by molar-refractivity contribution is 0.112. The topological polar surface area (TPSA) is 386 Å². The van der Waals surface area contributed by atoms with Crippen LogP contribution in [0.3, 0.4) is 0 Å². The molecule has 101 heavy (non-hydrogen) atoms. The molecule has 9 aromatic rings. The maximum atomic E-state index is 11.9. The van der Waals surface area contributed by atoms with E-state index in [1.807, 2.05) is 100 Å². The zero-order valence-electron chi connectivity index (χ0n) is 57.2. The number of hydrazine groups is 1. The zero-order chi connectivity index (χ0) is 72.8. The number of aryl methyl sites for hydroxylation is 4. The van der Waals surface area contributed by atoms with Gasteiger partial charge in [-0.25, -0.2) is 9.78 Å². The number of halogens is 1. The van der Waals surface area contributed by atoms with Crippen molar-refractivity contribution in [1.29, 1.82) is 0 Å². The molecule has 0 bridgehead atoms. The third kappa shape index (κ3) is 32.0. The van der Waals surface area contributed by atoms with Gasteiger partial charge >= 0.3 is 17.7 Å². The van der Waals surface area contributed by atoms with E-state index >= 15 is 0 Å². The van der Waals surface area contributed by atoms with E-state index in [-0.39, 0.29) is 53.8 Å². The Bertz CT molecular complexity index is 4160. The molecule has 31 heteroatoms. The number of aromatic amines is 2. The fourth-order valence-electron chi connectivity index (χ4n) is 9.11. The van der Waals surface area contributed by atoms with E-state index in [2.05, 4.69) is 87.7 Å². The summed E-state index contributed by atoms with van der Waals surface area (Å²) in [5, 5.41) is 21.3. The number of morpholine rings is 3. The molecule has 540 valence electrons. The molecule has 7 aromatic heterocycles. The number of anilines is 4. The van der Waals surface area contributed by atoms with E-state index in [0.29, 0.717) is 83.0 Å². The van der Waals surface area contributed by atoms with Crippen molar-refractivity contribution in [2.24, 2.45) is 16.8 Å². The lowest BCUT2D eigenvalue weighted by Gasteiger charge is -2.28. The fraction of sp³-hybridized carbons (Fsp3) is 0.343. The number of carbonyl (C=O) groups is 1. The van der Waals surface area contributed by atoms with Gasteiger partial charge in [-0.1, -0.05) is 93.8 Å². The molecule has 30 nitrogen and oxygen atoms in total. The molecule has 3 aliphatic rings. The van der Waals surface area contributed by atoms with Crippen molar-refractivity contribution in [2.45, 2.75) is 47.3 Å². The van der Waals surface area contributed by atoms with Crippen LogP contribution in [0.25, 0.3) is 0 Å². The van der Waals surface area contributed by atoms with Crippen LogP contribution in [0.4, 0.5) is 23.3 Å². The third-order valence-corrected chi connectivity index (χ3v) is 14.3. The lowest BCUT2D eigenvalue weighted by atomic mass is 10.2. The number of aromatic nitrogens is 10. The second-order valence-electron chi connectivity index (χ2n) is 21.6. The maximum Gasteiger partial charge on any atom is 0.347 e. The summed E-state index contributed by atoms with van der Waals surface area (Å²) in [5.41, 5.74) is 8.16. The highest BCUT2D eigenvalue weighted by molar-refractivity contribution is 9.09. The Balaban J connectivity index is 0.000000232. The van der Waals surface area contributed by atoms with Gasteiger partial charge in [-0.3, -0.25) is 41.1 Å². The first-order valence-corrected chi connectivity index (χ1v) is 33.4. The van der Waals surface area contributed by atoms with Crippen LogP contribution in [0.2, 0.25) is 0 Å². The number of alkyl halides is 1. The second kappa shape index (κ2) is 47.6. The van der Waals surface area contributed by atoms with Gasteiger partial charge in [0.1, 0.15) is 37.0 Å². The molecule has 9 N–H and O–H groups in total. The average Bonchev–Trinajstić information content (AvgIpc) is 0.888. The van der Waals surface area contributed by atoms with Crippen molar-refractivity contribution < 1.29 is 38.7 Å². The van der Waals surface area contributed by atoms with Gasteiger partial charge in [-0.15, -0.1) is 0 Å².